The number of anilines is 1. The average molecular weight is 379 g/mol. The number of rotatable bonds is 4. The van der Waals surface area contributed by atoms with Crippen molar-refractivity contribution < 1.29 is 12.8 Å². The quantitative estimate of drug-likeness (QED) is 0.857. The van der Waals surface area contributed by atoms with Crippen molar-refractivity contribution in [3.8, 4) is 0 Å². The molecule has 0 atom stereocenters. The van der Waals surface area contributed by atoms with Crippen LogP contribution in [0.1, 0.15) is 10.4 Å². The van der Waals surface area contributed by atoms with E-state index >= 15 is 0 Å². The molecule has 4 nitrogen and oxygen atoms in total. The molecule has 1 heterocycles. The smallest absolute Gasteiger partial charge is 0.271 e. The van der Waals surface area contributed by atoms with Gasteiger partial charge in [-0.1, -0.05) is 6.07 Å². The minimum atomic E-state index is -3.83. The number of thiophene rings is 1. The summed E-state index contributed by atoms with van der Waals surface area (Å²) in [5.74, 6) is -0.643. The van der Waals surface area contributed by atoms with Crippen LogP contribution < -0.4 is 10.5 Å². The number of hydrogen-bond donors (Lipinski definition) is 2. The van der Waals surface area contributed by atoms with Crippen LogP contribution >= 0.6 is 27.3 Å². The Balaban J connectivity index is 2.41. The lowest BCUT2D eigenvalue weighted by molar-refractivity contribution is 0.600. The van der Waals surface area contributed by atoms with Gasteiger partial charge in [0.25, 0.3) is 10.0 Å². The number of hydrogen-bond acceptors (Lipinski definition) is 4. The maximum atomic E-state index is 13.7. The number of halogens is 2. The van der Waals surface area contributed by atoms with Crippen LogP contribution in [0.25, 0.3) is 0 Å². The molecule has 0 saturated carbocycles. The zero-order valence-electron chi connectivity index (χ0n) is 10.5. The molecule has 108 valence electrons. The molecular weight excluding hydrogens is 367 g/mol. The van der Waals surface area contributed by atoms with Crippen molar-refractivity contribution in [2.45, 2.75) is 17.7 Å². The monoisotopic (exact) mass is 378 g/mol. The van der Waals surface area contributed by atoms with Gasteiger partial charge in [0.2, 0.25) is 0 Å². The van der Waals surface area contributed by atoms with Crippen LogP contribution in [0.5, 0.6) is 0 Å². The van der Waals surface area contributed by atoms with Crippen LogP contribution in [0.2, 0.25) is 0 Å². The third kappa shape index (κ3) is 3.03. The van der Waals surface area contributed by atoms with Crippen LogP contribution in [0.15, 0.2) is 32.9 Å². The van der Waals surface area contributed by atoms with Gasteiger partial charge in [-0.05, 0) is 46.6 Å². The molecule has 0 bridgehead atoms. The standard InChI is InChI=1S/C12H12BrFN2O2S2/c1-7-5-11(19-10(7)6-15)20(17,18)16-12-8(13)3-2-4-9(12)14/h2-5,16H,6,15H2,1H3. The first-order chi connectivity index (χ1) is 9.35. The highest BCUT2D eigenvalue weighted by Crippen LogP contribution is 2.31. The zero-order chi connectivity index (χ0) is 14.9. The van der Waals surface area contributed by atoms with Gasteiger partial charge in [0, 0.05) is 15.9 Å². The van der Waals surface area contributed by atoms with Crippen LogP contribution in [-0.2, 0) is 16.6 Å². The van der Waals surface area contributed by atoms with Crippen LogP contribution in [-0.4, -0.2) is 8.42 Å². The summed E-state index contributed by atoms with van der Waals surface area (Å²) in [6, 6.07) is 5.77. The molecule has 20 heavy (non-hydrogen) atoms. The molecule has 0 unspecified atom stereocenters. The largest absolute Gasteiger partial charge is 0.326 e. The van der Waals surface area contributed by atoms with E-state index in [0.717, 1.165) is 21.8 Å². The number of benzene rings is 1. The van der Waals surface area contributed by atoms with E-state index in [1.165, 1.54) is 18.2 Å². The maximum Gasteiger partial charge on any atom is 0.271 e. The van der Waals surface area contributed by atoms with Crippen molar-refractivity contribution in [1.29, 1.82) is 0 Å². The van der Waals surface area contributed by atoms with Crippen molar-refractivity contribution >= 4 is 43.0 Å². The molecule has 2 rings (SSSR count). The van der Waals surface area contributed by atoms with Crippen molar-refractivity contribution in [2.24, 2.45) is 5.73 Å². The third-order valence-electron chi connectivity index (χ3n) is 2.65. The minimum absolute atomic E-state index is 0.104. The van der Waals surface area contributed by atoms with Crippen LogP contribution in [0, 0.1) is 12.7 Å². The highest BCUT2D eigenvalue weighted by atomic mass is 79.9. The summed E-state index contributed by atoms with van der Waals surface area (Å²) in [6.45, 7) is 2.06. The Hall–Kier alpha value is -0.960. The first-order valence-electron chi connectivity index (χ1n) is 5.61. The Bertz CT molecular complexity index is 724. The molecule has 0 saturated heterocycles. The van der Waals surface area contributed by atoms with Gasteiger partial charge in [-0.3, -0.25) is 4.72 Å². The lowest BCUT2D eigenvalue weighted by Gasteiger charge is -2.09. The summed E-state index contributed by atoms with van der Waals surface area (Å²) in [6.07, 6.45) is 0. The summed E-state index contributed by atoms with van der Waals surface area (Å²) < 4.78 is 40.9. The van der Waals surface area contributed by atoms with Gasteiger partial charge >= 0.3 is 0 Å². The van der Waals surface area contributed by atoms with Gasteiger partial charge in [-0.2, -0.15) is 0 Å². The predicted octanol–water partition coefficient (Wildman–Crippen LogP) is 3.22. The molecular formula is C12H12BrFN2O2S2. The molecule has 3 N–H and O–H groups in total. The fraction of sp³-hybridized carbons (Fsp3) is 0.167. The van der Waals surface area contributed by atoms with Crippen molar-refractivity contribution in [1.82, 2.24) is 0 Å². The van der Waals surface area contributed by atoms with Gasteiger partial charge in [0.1, 0.15) is 10.0 Å². The fourth-order valence-electron chi connectivity index (χ4n) is 1.60. The summed E-state index contributed by atoms with van der Waals surface area (Å²) in [7, 11) is -3.83. The topological polar surface area (TPSA) is 72.2 Å². The third-order valence-corrected chi connectivity index (χ3v) is 6.39. The molecule has 0 aliphatic heterocycles. The summed E-state index contributed by atoms with van der Waals surface area (Å²) in [5, 5.41) is 0. The minimum Gasteiger partial charge on any atom is -0.326 e. The van der Waals surface area contributed by atoms with Crippen molar-refractivity contribution in [3.63, 3.8) is 0 Å². The van der Waals surface area contributed by atoms with E-state index in [-0.39, 0.29) is 16.4 Å². The lowest BCUT2D eigenvalue weighted by atomic mass is 10.3. The van der Waals surface area contributed by atoms with E-state index in [2.05, 4.69) is 20.7 Å². The first-order valence-corrected chi connectivity index (χ1v) is 8.70. The van der Waals surface area contributed by atoms with Gasteiger partial charge in [0.05, 0.1) is 5.69 Å². The normalized spacial score (nSPS) is 11.6. The Morgan fingerprint density at radius 3 is 2.70 bits per heavy atom. The molecule has 1 aromatic carbocycles. The van der Waals surface area contributed by atoms with Crippen molar-refractivity contribution in [3.05, 3.63) is 45.0 Å². The Morgan fingerprint density at radius 2 is 2.15 bits per heavy atom. The van der Waals surface area contributed by atoms with Gasteiger partial charge in [-0.15, -0.1) is 11.3 Å². The SMILES string of the molecule is Cc1cc(S(=O)(=O)Nc2c(F)cccc2Br)sc1CN. The Morgan fingerprint density at radius 1 is 1.45 bits per heavy atom. The van der Waals surface area contributed by atoms with E-state index in [4.69, 9.17) is 5.73 Å². The lowest BCUT2D eigenvalue weighted by Crippen LogP contribution is -2.13. The second-order valence-corrected chi connectivity index (χ2v) is 7.98. The summed E-state index contributed by atoms with van der Waals surface area (Å²) >= 11 is 4.21. The summed E-state index contributed by atoms with van der Waals surface area (Å²) in [4.78, 5) is 0.790. The molecule has 0 aliphatic rings. The molecule has 0 amide bonds. The molecule has 0 radical (unpaired) electrons. The zero-order valence-corrected chi connectivity index (χ0v) is 13.7. The maximum absolute atomic E-state index is 13.7. The second-order valence-electron chi connectivity index (χ2n) is 4.08. The predicted molar refractivity (Wildman–Crippen MR) is 81.9 cm³/mol. The first kappa shape index (κ1) is 15.4. The van der Waals surface area contributed by atoms with E-state index < -0.39 is 15.8 Å². The highest BCUT2D eigenvalue weighted by molar-refractivity contribution is 9.10. The molecule has 8 heteroatoms. The van der Waals surface area contributed by atoms with Gasteiger partial charge < -0.3 is 5.73 Å². The Labute approximate surface area is 129 Å². The molecule has 0 fully saturated rings. The molecule has 0 aliphatic carbocycles. The van der Waals surface area contributed by atoms with Crippen molar-refractivity contribution in [2.75, 3.05) is 4.72 Å². The van der Waals surface area contributed by atoms with E-state index in [9.17, 15) is 12.8 Å². The number of para-hydroxylation sites is 1. The number of nitrogens with one attached hydrogen (secondary N) is 1. The molecule has 1 aromatic heterocycles. The number of aryl methyl sites for hydroxylation is 1. The number of sulfonamides is 1. The summed E-state index contributed by atoms with van der Waals surface area (Å²) in [5.41, 5.74) is 6.24. The Kier molecular flexibility index (Phi) is 4.48. The average Bonchev–Trinajstić information content (AvgIpc) is 2.76. The van der Waals surface area contributed by atoms with Gasteiger partial charge in [0.15, 0.2) is 0 Å². The number of nitrogens with two attached hydrogens (primary N) is 1. The van der Waals surface area contributed by atoms with Gasteiger partial charge in [-0.25, -0.2) is 12.8 Å². The molecule has 2 aromatic rings. The molecule has 0 spiro atoms. The van der Waals surface area contributed by atoms with Crippen LogP contribution in [0.4, 0.5) is 10.1 Å². The van der Waals surface area contributed by atoms with E-state index in [0.29, 0.717) is 4.47 Å². The van der Waals surface area contributed by atoms with E-state index in [1.54, 1.807) is 13.0 Å². The van der Waals surface area contributed by atoms with E-state index in [1.807, 2.05) is 0 Å². The highest BCUT2D eigenvalue weighted by Gasteiger charge is 2.21. The fourth-order valence-corrected chi connectivity index (χ4v) is 4.73. The van der Waals surface area contributed by atoms with Crippen LogP contribution in [0.3, 0.4) is 0 Å². The second kappa shape index (κ2) is 5.80.